The summed E-state index contributed by atoms with van der Waals surface area (Å²) in [6.07, 6.45) is 3.77. The molecule has 144 valence electrons. The summed E-state index contributed by atoms with van der Waals surface area (Å²) in [7, 11) is 2.11. The molecule has 1 atom stereocenters. The monoisotopic (exact) mass is 388 g/mol. The fraction of sp³-hybridized carbons (Fsp3) is 0.450. The lowest BCUT2D eigenvalue weighted by Crippen LogP contribution is -2.33. The molecule has 0 spiro atoms. The third-order valence-electron chi connectivity index (χ3n) is 5.22. The molecule has 0 amide bonds. The molecule has 0 saturated carbocycles. The molecule has 0 fully saturated rings. The molecule has 0 aliphatic carbocycles. The zero-order valence-electron chi connectivity index (χ0n) is 15.9. The Labute approximate surface area is 164 Å². The number of hydrogen-bond donors (Lipinski definition) is 2. The van der Waals surface area contributed by atoms with Gasteiger partial charge in [0, 0.05) is 30.5 Å². The molecule has 0 radical (unpaired) electrons. The quantitative estimate of drug-likeness (QED) is 0.728. The van der Waals surface area contributed by atoms with Gasteiger partial charge in [0.2, 0.25) is 5.95 Å². The summed E-state index contributed by atoms with van der Waals surface area (Å²) in [6, 6.07) is 6.24. The van der Waals surface area contributed by atoms with Crippen molar-refractivity contribution in [2.24, 2.45) is 0 Å². The van der Waals surface area contributed by atoms with Crippen LogP contribution in [0.5, 0.6) is 0 Å². The van der Waals surface area contributed by atoms with Gasteiger partial charge in [-0.05, 0) is 50.1 Å². The minimum atomic E-state index is -1.10. The van der Waals surface area contributed by atoms with Crippen molar-refractivity contribution in [1.29, 1.82) is 0 Å². The Hall–Kier alpha value is -2.18. The van der Waals surface area contributed by atoms with E-state index in [4.69, 9.17) is 11.6 Å². The van der Waals surface area contributed by atoms with E-state index in [1.54, 1.807) is 6.92 Å². The van der Waals surface area contributed by atoms with Crippen LogP contribution in [0.2, 0.25) is 5.15 Å². The third kappa shape index (κ3) is 4.06. The highest BCUT2D eigenvalue weighted by Crippen LogP contribution is 2.34. The maximum absolute atomic E-state index is 11.8. The van der Waals surface area contributed by atoms with Gasteiger partial charge >= 0.3 is 5.97 Å². The number of likely N-dealkylation sites (N-methyl/N-ethyl adjacent to an activating group) is 1. The molecule has 7 heteroatoms. The lowest BCUT2D eigenvalue weighted by Gasteiger charge is -2.26. The van der Waals surface area contributed by atoms with Crippen LogP contribution in [0.3, 0.4) is 0 Å². The molecule has 6 nitrogen and oxygen atoms in total. The van der Waals surface area contributed by atoms with Gasteiger partial charge in [-0.3, -0.25) is 4.79 Å². The van der Waals surface area contributed by atoms with Crippen LogP contribution in [0.4, 0.5) is 11.6 Å². The SMILES string of the molecule is CCCC(C)(C(=O)O)c1cnc(Nc2ccc3c(c2)CN(C)CC3)nc1Cl. The summed E-state index contributed by atoms with van der Waals surface area (Å²) in [4.78, 5) is 22.7. The Morgan fingerprint density at radius 1 is 1.41 bits per heavy atom. The average molecular weight is 389 g/mol. The highest BCUT2D eigenvalue weighted by Gasteiger charge is 2.37. The van der Waals surface area contributed by atoms with Crippen LogP contribution < -0.4 is 5.32 Å². The number of nitrogens with zero attached hydrogens (tertiary/aromatic N) is 3. The summed E-state index contributed by atoms with van der Waals surface area (Å²) < 4.78 is 0. The summed E-state index contributed by atoms with van der Waals surface area (Å²) in [5.74, 6) is -0.563. The number of halogens is 1. The van der Waals surface area contributed by atoms with Crippen molar-refractivity contribution < 1.29 is 9.90 Å². The fourth-order valence-corrected chi connectivity index (χ4v) is 3.89. The van der Waals surface area contributed by atoms with E-state index in [1.807, 2.05) is 13.0 Å². The molecular formula is C20H25ClN4O2. The lowest BCUT2D eigenvalue weighted by atomic mass is 9.80. The number of aliphatic carboxylic acids is 1. The van der Waals surface area contributed by atoms with E-state index in [1.165, 1.54) is 17.3 Å². The van der Waals surface area contributed by atoms with Crippen molar-refractivity contribution in [3.05, 3.63) is 46.2 Å². The Kier molecular flexibility index (Phi) is 5.67. The van der Waals surface area contributed by atoms with Gasteiger partial charge in [-0.15, -0.1) is 0 Å². The number of hydrogen-bond acceptors (Lipinski definition) is 5. The molecule has 1 aromatic carbocycles. The van der Waals surface area contributed by atoms with Gasteiger partial charge in [-0.25, -0.2) is 9.97 Å². The number of carboxylic acid groups (broad SMARTS) is 1. The second-order valence-electron chi connectivity index (χ2n) is 7.38. The van der Waals surface area contributed by atoms with E-state index >= 15 is 0 Å². The van der Waals surface area contributed by atoms with Crippen LogP contribution in [-0.4, -0.2) is 39.5 Å². The van der Waals surface area contributed by atoms with Crippen molar-refractivity contribution in [2.45, 2.75) is 45.1 Å². The lowest BCUT2D eigenvalue weighted by molar-refractivity contribution is -0.143. The van der Waals surface area contributed by atoms with Crippen molar-refractivity contribution in [1.82, 2.24) is 14.9 Å². The number of benzene rings is 1. The summed E-state index contributed by atoms with van der Waals surface area (Å²) in [6.45, 7) is 5.59. The minimum absolute atomic E-state index is 0.170. The molecule has 2 aromatic rings. The molecule has 1 aliphatic rings. The molecular weight excluding hydrogens is 364 g/mol. The molecule has 1 unspecified atom stereocenters. The molecule has 0 bridgehead atoms. The van der Waals surface area contributed by atoms with E-state index in [2.05, 4.69) is 39.4 Å². The van der Waals surface area contributed by atoms with Crippen LogP contribution >= 0.6 is 11.6 Å². The normalized spacial score (nSPS) is 16.4. The molecule has 1 aromatic heterocycles. The number of carboxylic acids is 1. The van der Waals surface area contributed by atoms with E-state index in [-0.39, 0.29) is 5.15 Å². The zero-order chi connectivity index (χ0) is 19.6. The maximum atomic E-state index is 11.8. The van der Waals surface area contributed by atoms with E-state index in [0.29, 0.717) is 17.9 Å². The second-order valence-corrected chi connectivity index (χ2v) is 7.74. The highest BCUT2D eigenvalue weighted by atomic mass is 35.5. The van der Waals surface area contributed by atoms with Gasteiger partial charge in [-0.2, -0.15) is 0 Å². The standard InChI is InChI=1S/C20H25ClN4O2/c1-4-8-20(2,18(26)27)16-11-22-19(24-17(16)21)23-15-6-5-13-7-9-25(3)12-14(13)10-15/h5-6,10-11H,4,7-9,12H2,1-3H3,(H,26,27)(H,22,23,24). The van der Waals surface area contributed by atoms with Gasteiger partial charge in [0.15, 0.2) is 0 Å². The Bertz CT molecular complexity index is 858. The average Bonchev–Trinajstić information content (AvgIpc) is 2.61. The van der Waals surface area contributed by atoms with Gasteiger partial charge in [0.25, 0.3) is 0 Å². The van der Waals surface area contributed by atoms with Gasteiger partial charge in [-0.1, -0.05) is 31.0 Å². The van der Waals surface area contributed by atoms with Crippen molar-refractivity contribution in [3.63, 3.8) is 0 Å². The minimum Gasteiger partial charge on any atom is -0.481 e. The first-order chi connectivity index (χ1) is 12.8. The molecule has 1 aliphatic heterocycles. The molecule has 2 heterocycles. The number of aromatic nitrogens is 2. The zero-order valence-corrected chi connectivity index (χ0v) is 16.7. The van der Waals surface area contributed by atoms with Crippen LogP contribution in [0.1, 0.15) is 43.4 Å². The van der Waals surface area contributed by atoms with Gasteiger partial charge in [0.05, 0.1) is 5.41 Å². The van der Waals surface area contributed by atoms with Crippen molar-refractivity contribution in [2.75, 3.05) is 18.9 Å². The predicted octanol–water partition coefficient (Wildman–Crippen LogP) is 4.00. The van der Waals surface area contributed by atoms with Crippen LogP contribution in [0, 0.1) is 0 Å². The first-order valence-corrected chi connectivity index (χ1v) is 9.55. The predicted molar refractivity (Wildman–Crippen MR) is 107 cm³/mol. The first-order valence-electron chi connectivity index (χ1n) is 9.17. The second kappa shape index (κ2) is 7.82. The van der Waals surface area contributed by atoms with Gasteiger partial charge in [0.1, 0.15) is 5.15 Å². The molecule has 2 N–H and O–H groups in total. The van der Waals surface area contributed by atoms with E-state index in [9.17, 15) is 9.90 Å². The van der Waals surface area contributed by atoms with Crippen LogP contribution in [0.15, 0.2) is 24.4 Å². The molecule has 27 heavy (non-hydrogen) atoms. The summed E-state index contributed by atoms with van der Waals surface area (Å²) in [5, 5.41) is 13.0. The number of carbonyl (C=O) groups is 1. The van der Waals surface area contributed by atoms with Crippen molar-refractivity contribution in [3.8, 4) is 0 Å². The van der Waals surface area contributed by atoms with Crippen molar-refractivity contribution >= 4 is 29.2 Å². The fourth-order valence-electron chi connectivity index (χ4n) is 3.55. The Morgan fingerprint density at radius 3 is 2.85 bits per heavy atom. The Morgan fingerprint density at radius 2 is 2.19 bits per heavy atom. The number of fused-ring (bicyclic) bond motifs is 1. The molecule has 0 saturated heterocycles. The maximum Gasteiger partial charge on any atom is 0.314 e. The number of anilines is 2. The number of rotatable bonds is 6. The first kappa shape index (κ1) is 19.6. The van der Waals surface area contributed by atoms with E-state index in [0.717, 1.165) is 31.6 Å². The summed E-state index contributed by atoms with van der Waals surface area (Å²) >= 11 is 6.33. The van der Waals surface area contributed by atoms with Gasteiger partial charge < -0.3 is 15.3 Å². The largest absolute Gasteiger partial charge is 0.481 e. The topological polar surface area (TPSA) is 78.3 Å². The van der Waals surface area contributed by atoms with E-state index < -0.39 is 11.4 Å². The molecule has 3 rings (SSSR count). The van der Waals surface area contributed by atoms with Crippen LogP contribution in [0.25, 0.3) is 0 Å². The Balaban J connectivity index is 1.84. The summed E-state index contributed by atoms with van der Waals surface area (Å²) in [5.41, 5.74) is 2.89. The van der Waals surface area contributed by atoms with Crippen LogP contribution in [-0.2, 0) is 23.2 Å². The smallest absolute Gasteiger partial charge is 0.314 e. The number of nitrogens with one attached hydrogen (secondary N) is 1. The highest BCUT2D eigenvalue weighted by molar-refractivity contribution is 6.30. The third-order valence-corrected chi connectivity index (χ3v) is 5.51.